The molecule has 0 N–H and O–H groups in total. The number of fused-ring (bicyclic) bond motifs is 12. The maximum atomic E-state index is 6.94. The maximum Gasteiger partial charge on any atom is 0.168 e. The molecule has 0 aliphatic rings. The molecule has 0 unspecified atom stereocenters. The summed E-state index contributed by atoms with van der Waals surface area (Å²) in [6, 6.07) is 163. The van der Waals surface area contributed by atoms with E-state index >= 15 is 0 Å². The molecule has 0 atom stereocenters. The van der Waals surface area contributed by atoms with Crippen LogP contribution in [0, 0.1) is 0 Å². The highest BCUT2D eigenvalue weighted by atomic mass is 15.2. The second-order valence-electron chi connectivity index (χ2n) is 32.0. The van der Waals surface area contributed by atoms with Gasteiger partial charge in [0.25, 0.3) is 0 Å². The third-order valence-electron chi connectivity index (χ3n) is 24.8. The Morgan fingerprint density at radius 1 is 0.129 bits per heavy atom. The Morgan fingerprint density at radius 3 is 0.476 bits per heavy atom. The molecule has 8 nitrogen and oxygen atoms in total. The Balaban J connectivity index is 0.971. The fourth-order valence-corrected chi connectivity index (χ4v) is 18.9. The summed E-state index contributed by atoms with van der Waals surface area (Å²) >= 11 is 0. The van der Waals surface area contributed by atoms with Crippen LogP contribution in [0.25, 0.3) is 233 Å². The van der Waals surface area contributed by atoms with Crippen molar-refractivity contribution in [3.05, 3.63) is 449 Å². The first-order chi connectivity index (χ1) is 61.5. The lowest BCUT2D eigenvalue weighted by atomic mass is 10.0. The van der Waals surface area contributed by atoms with E-state index in [1.165, 1.54) is 0 Å². The highest BCUT2D eigenvalue weighted by Crippen LogP contribution is 2.52. The highest BCUT2D eigenvalue weighted by Gasteiger charge is 2.36. The van der Waals surface area contributed by atoms with Gasteiger partial charge in [-0.25, -0.2) is 19.9 Å². The number of pyridine rings is 1. The molecule has 24 rings (SSSR count). The minimum Gasteiger partial charge on any atom is -0.305 e. The van der Waals surface area contributed by atoms with Crippen LogP contribution in [0.4, 0.5) is 0 Å². The molecule has 0 saturated heterocycles. The molecule has 24 aromatic rings. The zero-order valence-corrected chi connectivity index (χ0v) is 67.3. The molecule has 6 aromatic heterocycles. The SMILES string of the molecule is c1ccc(-c2ccc3c(c2)c2cc(-c4ccccc4)ccc2n3-c2nc(-n3c4ccc(-c5ccccc5)cc4c4cc(-c5ccccc5)ccc43)c(-n3c4ccc(-c5ccccc5)cc4c4cc(-c5ccccc5)ccc43)c(-c3nc(-c4ccccc4)nc(-c4ccccc4)n3)c2-n2c3ccc(-c4ccccc4)cc3c3cc(-c4ccccc4)ccc32)cc1. The van der Waals surface area contributed by atoms with Crippen LogP contribution in [0.5, 0.6) is 0 Å². The monoisotopic (exact) mass is 1580 g/mol. The molecule has 0 spiro atoms. The summed E-state index contributed by atoms with van der Waals surface area (Å²) in [5.41, 5.74) is 29.0. The number of rotatable bonds is 15. The highest BCUT2D eigenvalue weighted by molar-refractivity contribution is 6.18. The minimum absolute atomic E-state index is 0.424. The normalized spacial score (nSPS) is 11.7. The van der Waals surface area contributed by atoms with Gasteiger partial charge in [0.2, 0.25) is 0 Å². The van der Waals surface area contributed by atoms with E-state index in [0.717, 1.165) is 199 Å². The summed E-state index contributed by atoms with van der Waals surface area (Å²) in [4.78, 5) is 24.9. The van der Waals surface area contributed by atoms with Crippen molar-refractivity contribution >= 4 is 87.2 Å². The van der Waals surface area contributed by atoms with Gasteiger partial charge in [0.1, 0.15) is 11.4 Å². The quantitative estimate of drug-likeness (QED) is 0.103. The Bertz CT molecular complexity index is 7410. The molecule has 0 bridgehead atoms. The number of hydrogen-bond donors (Lipinski definition) is 0. The van der Waals surface area contributed by atoms with Crippen molar-refractivity contribution in [2.75, 3.05) is 0 Å². The summed E-state index contributed by atoms with van der Waals surface area (Å²) < 4.78 is 9.96. The van der Waals surface area contributed by atoms with E-state index in [-0.39, 0.29) is 0 Å². The topological polar surface area (TPSA) is 71.3 Å². The first kappa shape index (κ1) is 71.4. The summed E-state index contributed by atoms with van der Waals surface area (Å²) in [5.74, 6) is 2.69. The van der Waals surface area contributed by atoms with E-state index in [1.54, 1.807) is 0 Å². The minimum atomic E-state index is 0.424. The fraction of sp³-hybridized carbons (Fsp3) is 0. The van der Waals surface area contributed by atoms with Crippen molar-refractivity contribution in [2.24, 2.45) is 0 Å². The van der Waals surface area contributed by atoms with Crippen LogP contribution in [0.15, 0.2) is 449 Å². The number of hydrogen-bond acceptors (Lipinski definition) is 4. The molecule has 8 heteroatoms. The lowest BCUT2D eigenvalue weighted by Crippen LogP contribution is -2.17. The first-order valence-corrected chi connectivity index (χ1v) is 42.2. The molecular weight excluding hydrogens is 1510 g/mol. The van der Waals surface area contributed by atoms with E-state index in [4.69, 9.17) is 19.9 Å². The van der Waals surface area contributed by atoms with Gasteiger partial charge in [-0.3, -0.25) is 9.13 Å². The third-order valence-corrected chi connectivity index (χ3v) is 24.8. The number of nitrogens with zero attached hydrogens (tertiary/aromatic N) is 8. The largest absolute Gasteiger partial charge is 0.305 e. The Kier molecular flexibility index (Phi) is 17.1. The van der Waals surface area contributed by atoms with E-state index in [0.29, 0.717) is 34.7 Å². The van der Waals surface area contributed by atoms with E-state index in [1.807, 2.05) is 0 Å². The molecular formula is C116H74N8. The van der Waals surface area contributed by atoms with E-state index < -0.39 is 0 Å². The smallest absolute Gasteiger partial charge is 0.168 e. The second-order valence-corrected chi connectivity index (χ2v) is 32.0. The third kappa shape index (κ3) is 12.1. The van der Waals surface area contributed by atoms with Crippen LogP contribution in [-0.2, 0) is 0 Å². The molecule has 0 fully saturated rings. The van der Waals surface area contributed by atoms with Crippen LogP contribution in [0.2, 0.25) is 0 Å². The van der Waals surface area contributed by atoms with E-state index in [9.17, 15) is 0 Å². The van der Waals surface area contributed by atoms with Crippen molar-refractivity contribution in [2.45, 2.75) is 0 Å². The van der Waals surface area contributed by atoms with Gasteiger partial charge in [0.05, 0.1) is 49.7 Å². The average Bonchev–Trinajstić information content (AvgIpc) is 1.51. The zero-order chi connectivity index (χ0) is 81.7. The van der Waals surface area contributed by atoms with Gasteiger partial charge in [-0.15, -0.1) is 0 Å². The van der Waals surface area contributed by atoms with Gasteiger partial charge in [0, 0.05) is 54.2 Å². The maximum absolute atomic E-state index is 6.94. The van der Waals surface area contributed by atoms with Crippen LogP contribution in [0.1, 0.15) is 0 Å². The van der Waals surface area contributed by atoms with Gasteiger partial charge < -0.3 is 9.13 Å². The van der Waals surface area contributed by atoms with Gasteiger partial charge in [-0.1, -0.05) is 352 Å². The number of aromatic nitrogens is 8. The lowest BCUT2D eigenvalue weighted by Gasteiger charge is -2.26. The van der Waals surface area contributed by atoms with Crippen molar-refractivity contribution in [3.63, 3.8) is 0 Å². The van der Waals surface area contributed by atoms with Gasteiger partial charge in [0.15, 0.2) is 29.1 Å². The number of benzene rings is 18. The Hall–Kier alpha value is -16.7. The standard InChI is InChI=1S/C116H74N8/c1-11-31-75(32-12-1)85-51-59-101-93(67-85)94-68-86(76-33-13-2-14-34-76)52-60-102(94)121(101)110-109(114-118-112(83-47-27-9-28-48-83)117-113(119-114)84-49-29-10-30-50-84)111(122-103-61-53-87(77-35-15-3-16-36-77)69-95(103)96-70-88(54-62-104(96)122)78-37-17-4-18-38-78)116(124-107-65-57-91(81-43-23-7-24-44-81)73-99(107)100-74-92(58-66-108(100)124)82-45-25-8-26-46-82)120-115(110)123-105-63-55-89(79-39-19-5-20-40-79)71-97(105)98-72-90(56-64-106(98)123)80-41-21-6-22-42-80/h1-74H. The van der Waals surface area contributed by atoms with Gasteiger partial charge in [-0.2, -0.15) is 0 Å². The molecule has 0 amide bonds. The molecule has 578 valence electrons. The lowest BCUT2D eigenvalue weighted by molar-refractivity contribution is 0.952. The summed E-state index contributed by atoms with van der Waals surface area (Å²) in [5, 5.41) is 8.42. The first-order valence-electron chi connectivity index (χ1n) is 42.2. The van der Waals surface area contributed by atoms with E-state index in [2.05, 4.69) is 467 Å². The predicted octanol–water partition coefficient (Wildman–Crippen LogP) is 30.0. The zero-order valence-electron chi connectivity index (χ0n) is 67.3. The summed E-state index contributed by atoms with van der Waals surface area (Å²) in [6.07, 6.45) is 0. The van der Waals surface area contributed by atoms with Crippen molar-refractivity contribution in [1.29, 1.82) is 0 Å². The molecule has 0 aliphatic heterocycles. The Labute approximate surface area is 715 Å². The average molecular weight is 1580 g/mol. The van der Waals surface area contributed by atoms with Gasteiger partial charge in [-0.05, 0) is 186 Å². The molecule has 6 heterocycles. The fourth-order valence-electron chi connectivity index (χ4n) is 18.9. The van der Waals surface area contributed by atoms with Gasteiger partial charge >= 0.3 is 0 Å². The molecule has 124 heavy (non-hydrogen) atoms. The summed E-state index contributed by atoms with van der Waals surface area (Å²) in [6.45, 7) is 0. The van der Waals surface area contributed by atoms with Crippen LogP contribution < -0.4 is 0 Å². The van der Waals surface area contributed by atoms with Crippen LogP contribution in [-0.4, -0.2) is 38.2 Å². The van der Waals surface area contributed by atoms with Crippen molar-refractivity contribution in [1.82, 2.24) is 38.2 Å². The van der Waals surface area contributed by atoms with Crippen molar-refractivity contribution in [3.8, 4) is 146 Å². The van der Waals surface area contributed by atoms with Crippen LogP contribution in [0.3, 0.4) is 0 Å². The molecule has 0 radical (unpaired) electrons. The van der Waals surface area contributed by atoms with Crippen molar-refractivity contribution < 1.29 is 0 Å². The second kappa shape index (κ2) is 29.7. The summed E-state index contributed by atoms with van der Waals surface area (Å²) in [7, 11) is 0. The molecule has 0 saturated carbocycles. The van der Waals surface area contributed by atoms with Crippen LogP contribution >= 0.6 is 0 Å². The molecule has 0 aliphatic carbocycles. The predicted molar refractivity (Wildman–Crippen MR) is 515 cm³/mol. The molecule has 18 aromatic carbocycles. The Morgan fingerprint density at radius 2 is 0.290 bits per heavy atom.